The van der Waals surface area contributed by atoms with Gasteiger partial charge in [0.1, 0.15) is 19.3 Å². The van der Waals surface area contributed by atoms with Gasteiger partial charge in [0.05, 0.1) is 33.8 Å². The summed E-state index contributed by atoms with van der Waals surface area (Å²) in [6, 6.07) is -0.879. The highest BCUT2D eigenvalue weighted by molar-refractivity contribution is 7.47. The van der Waals surface area contributed by atoms with E-state index >= 15 is 0 Å². The number of carbonyl (C=O) groups excluding carboxylic acids is 2. The maximum atomic E-state index is 13.6. The molecule has 0 spiro atoms. The van der Waals surface area contributed by atoms with E-state index in [1.165, 1.54) is 77.0 Å². The number of quaternary nitrogens is 1. The van der Waals surface area contributed by atoms with Crippen molar-refractivity contribution in [2.45, 2.75) is 264 Å². The quantitative estimate of drug-likeness (QED) is 0.0205. The number of allylic oxidation sites excluding steroid dienone is 21. The molecule has 0 aliphatic rings. The molecule has 0 aromatic carbocycles. The molecule has 9 nitrogen and oxygen atoms in total. The van der Waals surface area contributed by atoms with Gasteiger partial charge in [-0.3, -0.25) is 18.6 Å². The van der Waals surface area contributed by atoms with Crippen molar-refractivity contribution >= 4 is 19.7 Å². The molecule has 0 saturated heterocycles. The molecule has 0 radical (unpaired) electrons. The predicted molar refractivity (Wildman–Crippen MR) is 350 cm³/mol. The molecule has 10 heteroatoms. The number of amides is 1. The van der Waals surface area contributed by atoms with Crippen LogP contribution in [0.4, 0.5) is 0 Å². The third kappa shape index (κ3) is 60.6. The minimum absolute atomic E-state index is 0.0248. The van der Waals surface area contributed by atoms with E-state index in [1.54, 1.807) is 0 Å². The fraction of sp³-hybridized carbons (Fsp3) is 0.662. The van der Waals surface area contributed by atoms with Gasteiger partial charge in [0, 0.05) is 12.8 Å². The molecule has 0 heterocycles. The summed E-state index contributed by atoms with van der Waals surface area (Å²) in [7, 11) is 1.45. The number of phosphoric ester groups is 1. The van der Waals surface area contributed by atoms with Gasteiger partial charge in [-0.25, -0.2) is 4.57 Å². The lowest BCUT2D eigenvalue weighted by Gasteiger charge is -2.27. The van der Waals surface area contributed by atoms with Crippen LogP contribution in [0.5, 0.6) is 0 Å². The molecule has 0 fully saturated rings. The molecule has 3 unspecified atom stereocenters. The van der Waals surface area contributed by atoms with Crippen molar-refractivity contribution in [3.8, 4) is 0 Å². The monoisotopic (exact) mass is 1150 g/mol. The first-order valence-electron chi connectivity index (χ1n) is 32.5. The van der Waals surface area contributed by atoms with Crippen molar-refractivity contribution in [3.63, 3.8) is 0 Å². The fourth-order valence-corrected chi connectivity index (χ4v) is 9.38. The maximum Gasteiger partial charge on any atom is 0.472 e. The molecule has 0 aromatic heterocycles. The van der Waals surface area contributed by atoms with Crippen molar-refractivity contribution in [1.82, 2.24) is 5.32 Å². The predicted octanol–water partition coefficient (Wildman–Crippen LogP) is 20.4. The van der Waals surface area contributed by atoms with Crippen LogP contribution < -0.4 is 5.32 Å². The molecule has 0 bridgehead atoms. The van der Waals surface area contributed by atoms with Crippen LogP contribution in [0, 0.1) is 0 Å². The van der Waals surface area contributed by atoms with Gasteiger partial charge in [0.15, 0.2) is 0 Å². The summed E-state index contributed by atoms with van der Waals surface area (Å²) in [4.78, 5) is 37.8. The van der Waals surface area contributed by atoms with Crippen LogP contribution >= 0.6 is 7.82 Å². The smallest absolute Gasteiger partial charge is 0.456 e. The van der Waals surface area contributed by atoms with E-state index in [2.05, 4.69) is 148 Å². The highest BCUT2D eigenvalue weighted by Gasteiger charge is 2.30. The Morgan fingerprint density at radius 1 is 0.444 bits per heavy atom. The van der Waals surface area contributed by atoms with E-state index in [-0.39, 0.29) is 31.5 Å². The molecule has 0 aliphatic carbocycles. The normalized spacial score (nSPS) is 14.5. The van der Waals surface area contributed by atoms with E-state index in [1.807, 2.05) is 33.3 Å². The molecular weight excluding hydrogens is 1020 g/mol. The second-order valence-corrected chi connectivity index (χ2v) is 24.0. The zero-order valence-electron chi connectivity index (χ0n) is 52.7. The zero-order chi connectivity index (χ0) is 59.3. The average Bonchev–Trinajstić information content (AvgIpc) is 3.44. The molecular formula is C71H122N2O7P+. The van der Waals surface area contributed by atoms with Gasteiger partial charge in [-0.1, -0.05) is 251 Å². The molecule has 0 aromatic rings. The van der Waals surface area contributed by atoms with Crippen LogP contribution in [-0.2, 0) is 27.9 Å². The number of hydrogen-bond acceptors (Lipinski definition) is 6. The van der Waals surface area contributed by atoms with Crippen LogP contribution in [0.1, 0.15) is 252 Å². The van der Waals surface area contributed by atoms with E-state index in [9.17, 15) is 19.0 Å². The van der Waals surface area contributed by atoms with E-state index in [0.29, 0.717) is 23.9 Å². The Morgan fingerprint density at radius 3 is 1.20 bits per heavy atom. The summed E-state index contributed by atoms with van der Waals surface area (Å²) in [5.74, 6) is -0.563. The van der Waals surface area contributed by atoms with Gasteiger partial charge < -0.3 is 19.4 Å². The summed E-state index contributed by atoms with van der Waals surface area (Å²) >= 11 is 0. The van der Waals surface area contributed by atoms with Crippen LogP contribution in [-0.4, -0.2) is 74.3 Å². The summed E-state index contributed by atoms with van der Waals surface area (Å²) < 4.78 is 30.7. The number of likely N-dealkylation sites (N-methyl/N-ethyl adjacent to an activating group) is 1. The van der Waals surface area contributed by atoms with E-state index in [4.69, 9.17) is 13.8 Å². The third-order valence-corrected chi connectivity index (χ3v) is 14.6. The standard InChI is InChI=1S/C71H121N2O7P/c1-7-10-13-16-19-22-25-28-30-32-34-35-36-37-39-40-42-45-48-51-54-57-60-63-70(74)72-68(67-79-81(76,77)78-66-65-73(4,5)6)69(62-59-56-53-50-47-44-27-24-21-18-15-12-9-3)80-71(75)64-61-58-55-52-49-46-43-41-38-33-31-29-26-23-20-17-14-11-8-2/h10-11,13-14,19-20,22-23,28-31,34-35,37-39,41,46,49,59,62,68-69H,7-9,12,15-18,21,24-27,32-33,36,40,42-45,47-48,50-58,60-61,63-67H2,1-6H3,(H-,72,74,76,77)/p+1/b13-10-,14-11-,22-19-,23-20-,30-28-,31-29-,35-34-,39-37-,41-38-,49-46-,62-59-. The number of esters is 1. The van der Waals surface area contributed by atoms with Gasteiger partial charge >= 0.3 is 13.8 Å². The lowest BCUT2D eigenvalue weighted by atomic mass is 10.0. The number of unbranched alkanes of at least 4 members (excludes halogenated alkanes) is 21. The molecule has 0 saturated carbocycles. The average molecular weight is 1150 g/mol. The molecule has 0 rings (SSSR count). The van der Waals surface area contributed by atoms with Crippen molar-refractivity contribution in [3.05, 3.63) is 134 Å². The zero-order valence-corrected chi connectivity index (χ0v) is 53.6. The summed E-state index contributed by atoms with van der Waals surface area (Å²) in [5.41, 5.74) is 0. The summed E-state index contributed by atoms with van der Waals surface area (Å²) in [5, 5.41) is 3.05. The Bertz CT molecular complexity index is 1850. The van der Waals surface area contributed by atoms with Crippen LogP contribution in [0.15, 0.2) is 134 Å². The highest BCUT2D eigenvalue weighted by atomic mass is 31.2. The van der Waals surface area contributed by atoms with Crippen LogP contribution in [0.3, 0.4) is 0 Å². The van der Waals surface area contributed by atoms with Gasteiger partial charge in [-0.2, -0.15) is 0 Å². The Balaban J connectivity index is 5.32. The van der Waals surface area contributed by atoms with Gasteiger partial charge in [-0.05, 0) is 122 Å². The number of carbonyl (C=O) groups is 2. The van der Waals surface area contributed by atoms with Gasteiger partial charge in [0.2, 0.25) is 5.91 Å². The van der Waals surface area contributed by atoms with E-state index in [0.717, 1.165) is 135 Å². The Hall–Kier alpha value is -3.85. The summed E-state index contributed by atoms with van der Waals surface area (Å²) in [6.45, 7) is 6.74. The van der Waals surface area contributed by atoms with Crippen LogP contribution in [0.2, 0.25) is 0 Å². The molecule has 3 atom stereocenters. The van der Waals surface area contributed by atoms with Crippen LogP contribution in [0.25, 0.3) is 0 Å². The lowest BCUT2D eigenvalue weighted by molar-refractivity contribution is -0.870. The Labute approximate surface area is 498 Å². The number of ether oxygens (including phenoxy) is 1. The van der Waals surface area contributed by atoms with Crippen molar-refractivity contribution in [2.24, 2.45) is 0 Å². The fourth-order valence-electron chi connectivity index (χ4n) is 8.64. The van der Waals surface area contributed by atoms with Crippen molar-refractivity contribution in [2.75, 3.05) is 40.9 Å². The first kappa shape index (κ1) is 77.2. The number of phosphoric acid groups is 1. The Kier molecular flexibility index (Phi) is 56.5. The minimum Gasteiger partial charge on any atom is -0.456 e. The highest BCUT2D eigenvalue weighted by Crippen LogP contribution is 2.43. The van der Waals surface area contributed by atoms with Crippen molar-refractivity contribution in [1.29, 1.82) is 0 Å². The number of nitrogens with one attached hydrogen (secondary N) is 1. The second kappa shape index (κ2) is 59.3. The molecule has 2 N–H and O–H groups in total. The molecule has 1 amide bonds. The minimum atomic E-state index is -4.47. The lowest BCUT2D eigenvalue weighted by Crippen LogP contribution is -2.47. The van der Waals surface area contributed by atoms with Gasteiger partial charge in [0.25, 0.3) is 0 Å². The largest absolute Gasteiger partial charge is 0.472 e. The first-order valence-corrected chi connectivity index (χ1v) is 34.0. The Morgan fingerprint density at radius 2 is 0.790 bits per heavy atom. The number of nitrogens with zero attached hydrogens (tertiary/aromatic N) is 1. The first-order chi connectivity index (χ1) is 39.4. The third-order valence-electron chi connectivity index (χ3n) is 13.6. The van der Waals surface area contributed by atoms with Crippen molar-refractivity contribution < 1.29 is 37.3 Å². The maximum absolute atomic E-state index is 13.6. The SMILES string of the molecule is CC/C=C\C/C=C\C/C=C\C/C=C\C/C=C\CCCCCCCCCC(=O)NC(COP(=O)(O)OCC[N+](C)(C)C)C(/C=C\CCCCCCCCCCCCC)OC(=O)CCCCC/C=C\C/C=C\C/C=C\C/C=C\C/C=C\CC. The topological polar surface area (TPSA) is 111 Å². The number of rotatable bonds is 57. The van der Waals surface area contributed by atoms with Gasteiger partial charge in [-0.15, -0.1) is 0 Å². The number of hydrogen-bond donors (Lipinski definition) is 2. The van der Waals surface area contributed by atoms with E-state index < -0.39 is 20.0 Å². The second-order valence-electron chi connectivity index (χ2n) is 22.5. The summed E-state index contributed by atoms with van der Waals surface area (Å²) in [6.07, 6.45) is 84.5. The molecule has 0 aliphatic heterocycles. The molecule has 462 valence electrons. The molecule has 81 heavy (non-hydrogen) atoms.